The van der Waals surface area contributed by atoms with Gasteiger partial charge in [0.2, 0.25) is 0 Å². The number of nitrogens with one attached hydrogen (secondary N) is 1. The zero-order valence-electron chi connectivity index (χ0n) is 12.0. The van der Waals surface area contributed by atoms with Gasteiger partial charge in [0.1, 0.15) is 0 Å². The molecule has 19 heavy (non-hydrogen) atoms. The first-order valence-electron chi connectivity index (χ1n) is 7.90. The van der Waals surface area contributed by atoms with Crippen LogP contribution in [0.15, 0.2) is 0 Å². The van der Waals surface area contributed by atoms with E-state index in [0.717, 1.165) is 39.2 Å². The average molecular weight is 269 g/mol. The molecule has 3 fully saturated rings. The Morgan fingerprint density at radius 1 is 1.21 bits per heavy atom. The van der Waals surface area contributed by atoms with E-state index >= 15 is 0 Å². The van der Waals surface area contributed by atoms with Crippen molar-refractivity contribution >= 4 is 0 Å². The van der Waals surface area contributed by atoms with Crippen LogP contribution in [-0.2, 0) is 14.2 Å². The summed E-state index contributed by atoms with van der Waals surface area (Å²) >= 11 is 0. The molecule has 1 spiro atoms. The second kappa shape index (κ2) is 6.08. The molecule has 1 N–H and O–H groups in total. The van der Waals surface area contributed by atoms with Gasteiger partial charge in [0.05, 0.1) is 19.3 Å². The zero-order valence-corrected chi connectivity index (χ0v) is 12.0. The standard InChI is InChI=1S/C15H27NO3/c1-12(13-5-8-17-10-13)16-9-14-11-18-15(19-14)6-3-2-4-7-15/h12-14,16H,2-11H2,1H3/t12-,13-,14-/m0/s1. The van der Waals surface area contributed by atoms with Crippen LogP contribution < -0.4 is 5.32 Å². The van der Waals surface area contributed by atoms with Gasteiger partial charge in [-0.05, 0) is 32.1 Å². The van der Waals surface area contributed by atoms with Crippen LogP contribution >= 0.6 is 0 Å². The number of hydrogen-bond donors (Lipinski definition) is 1. The maximum Gasteiger partial charge on any atom is 0.168 e. The lowest BCUT2D eigenvalue weighted by Gasteiger charge is -2.32. The second-order valence-corrected chi connectivity index (χ2v) is 6.34. The van der Waals surface area contributed by atoms with Crippen LogP contribution in [0.4, 0.5) is 0 Å². The fourth-order valence-electron chi connectivity index (χ4n) is 3.50. The molecule has 1 saturated carbocycles. The molecule has 0 amide bonds. The highest BCUT2D eigenvalue weighted by Gasteiger charge is 2.42. The lowest BCUT2D eigenvalue weighted by molar-refractivity contribution is -0.186. The third-order valence-corrected chi connectivity index (χ3v) is 4.87. The van der Waals surface area contributed by atoms with E-state index in [1.54, 1.807) is 0 Å². The van der Waals surface area contributed by atoms with Gasteiger partial charge in [0.15, 0.2) is 5.79 Å². The molecule has 0 unspecified atom stereocenters. The van der Waals surface area contributed by atoms with Crippen LogP contribution in [0, 0.1) is 5.92 Å². The van der Waals surface area contributed by atoms with Crippen molar-refractivity contribution in [2.45, 2.75) is 63.4 Å². The Bertz CT molecular complexity index is 285. The number of hydrogen-bond acceptors (Lipinski definition) is 4. The Labute approximate surface area is 116 Å². The van der Waals surface area contributed by atoms with Crippen molar-refractivity contribution in [3.05, 3.63) is 0 Å². The molecule has 3 atom stereocenters. The first-order valence-corrected chi connectivity index (χ1v) is 7.90. The molecule has 2 heterocycles. The molecule has 2 saturated heterocycles. The lowest BCUT2D eigenvalue weighted by atomic mass is 9.94. The molecule has 0 aromatic heterocycles. The summed E-state index contributed by atoms with van der Waals surface area (Å²) in [7, 11) is 0. The van der Waals surface area contributed by atoms with Gasteiger partial charge in [0, 0.05) is 32.0 Å². The van der Waals surface area contributed by atoms with Gasteiger partial charge in [-0.1, -0.05) is 6.42 Å². The fourth-order valence-corrected chi connectivity index (χ4v) is 3.50. The fraction of sp³-hybridized carbons (Fsp3) is 1.00. The summed E-state index contributed by atoms with van der Waals surface area (Å²) in [6.07, 6.45) is 7.38. The van der Waals surface area contributed by atoms with Crippen LogP contribution in [0.25, 0.3) is 0 Å². The third kappa shape index (κ3) is 3.30. The molecule has 0 aromatic rings. The van der Waals surface area contributed by atoms with Crippen molar-refractivity contribution in [1.82, 2.24) is 5.32 Å². The van der Waals surface area contributed by atoms with Gasteiger partial charge in [0.25, 0.3) is 0 Å². The highest BCUT2D eigenvalue weighted by molar-refractivity contribution is 4.84. The molecule has 3 aliphatic rings. The van der Waals surface area contributed by atoms with E-state index in [9.17, 15) is 0 Å². The Balaban J connectivity index is 1.41. The highest BCUT2D eigenvalue weighted by Crippen LogP contribution is 2.37. The summed E-state index contributed by atoms with van der Waals surface area (Å²) in [6.45, 7) is 5.73. The van der Waals surface area contributed by atoms with Crippen LogP contribution in [0.2, 0.25) is 0 Å². The van der Waals surface area contributed by atoms with E-state index in [2.05, 4.69) is 12.2 Å². The van der Waals surface area contributed by atoms with E-state index < -0.39 is 0 Å². The van der Waals surface area contributed by atoms with Crippen molar-refractivity contribution in [3.63, 3.8) is 0 Å². The van der Waals surface area contributed by atoms with Gasteiger partial charge in [-0.25, -0.2) is 0 Å². The molecule has 0 radical (unpaired) electrons. The first-order chi connectivity index (χ1) is 9.27. The van der Waals surface area contributed by atoms with E-state index in [4.69, 9.17) is 14.2 Å². The van der Waals surface area contributed by atoms with Crippen molar-refractivity contribution in [2.24, 2.45) is 5.92 Å². The smallest absolute Gasteiger partial charge is 0.168 e. The Kier molecular flexibility index (Phi) is 4.42. The molecular weight excluding hydrogens is 242 g/mol. The van der Waals surface area contributed by atoms with Crippen LogP contribution in [0.5, 0.6) is 0 Å². The monoisotopic (exact) mass is 269 g/mol. The molecule has 3 rings (SSSR count). The molecule has 1 aliphatic carbocycles. The maximum atomic E-state index is 6.19. The molecule has 0 aromatic carbocycles. The second-order valence-electron chi connectivity index (χ2n) is 6.34. The summed E-state index contributed by atoms with van der Waals surface area (Å²) in [5, 5.41) is 3.60. The molecule has 110 valence electrons. The quantitative estimate of drug-likeness (QED) is 0.848. The van der Waals surface area contributed by atoms with Crippen molar-refractivity contribution in [2.75, 3.05) is 26.4 Å². The summed E-state index contributed by atoms with van der Waals surface area (Å²) in [5.41, 5.74) is 0. The van der Waals surface area contributed by atoms with E-state index in [1.165, 1.54) is 25.7 Å². The van der Waals surface area contributed by atoms with Crippen LogP contribution in [0.1, 0.15) is 45.4 Å². The summed E-state index contributed by atoms with van der Waals surface area (Å²) in [4.78, 5) is 0. The molecule has 4 heteroatoms. The number of ether oxygens (including phenoxy) is 3. The first kappa shape index (κ1) is 13.8. The zero-order chi connectivity index (χ0) is 13.1. The minimum atomic E-state index is -0.232. The summed E-state index contributed by atoms with van der Waals surface area (Å²) < 4.78 is 17.6. The number of rotatable bonds is 4. The van der Waals surface area contributed by atoms with Gasteiger partial charge in [-0.2, -0.15) is 0 Å². The topological polar surface area (TPSA) is 39.7 Å². The SMILES string of the molecule is C[C@H](NC[C@H]1COC2(CCCCC2)O1)[C@H]1CCOC1. The van der Waals surface area contributed by atoms with E-state index in [1.807, 2.05) is 0 Å². The van der Waals surface area contributed by atoms with E-state index in [0.29, 0.717) is 12.0 Å². The Hall–Kier alpha value is -0.160. The van der Waals surface area contributed by atoms with Crippen molar-refractivity contribution in [1.29, 1.82) is 0 Å². The van der Waals surface area contributed by atoms with Gasteiger partial charge < -0.3 is 19.5 Å². The Morgan fingerprint density at radius 3 is 2.79 bits per heavy atom. The minimum Gasteiger partial charge on any atom is -0.381 e. The van der Waals surface area contributed by atoms with Gasteiger partial charge in [-0.3, -0.25) is 0 Å². The van der Waals surface area contributed by atoms with Gasteiger partial charge in [-0.15, -0.1) is 0 Å². The maximum absolute atomic E-state index is 6.19. The normalized spacial score (nSPS) is 35.8. The largest absolute Gasteiger partial charge is 0.381 e. The van der Waals surface area contributed by atoms with E-state index in [-0.39, 0.29) is 11.9 Å². The molecule has 4 nitrogen and oxygen atoms in total. The lowest BCUT2D eigenvalue weighted by Crippen LogP contribution is -2.40. The summed E-state index contributed by atoms with van der Waals surface area (Å²) in [5.74, 6) is 0.426. The predicted molar refractivity (Wildman–Crippen MR) is 73.0 cm³/mol. The average Bonchev–Trinajstić information content (AvgIpc) is 3.08. The summed E-state index contributed by atoms with van der Waals surface area (Å²) in [6, 6.07) is 0.508. The minimum absolute atomic E-state index is 0.225. The highest BCUT2D eigenvalue weighted by atomic mass is 16.7. The van der Waals surface area contributed by atoms with Crippen LogP contribution in [0.3, 0.4) is 0 Å². The molecule has 2 aliphatic heterocycles. The van der Waals surface area contributed by atoms with Gasteiger partial charge >= 0.3 is 0 Å². The van der Waals surface area contributed by atoms with Crippen molar-refractivity contribution < 1.29 is 14.2 Å². The van der Waals surface area contributed by atoms with Crippen molar-refractivity contribution in [3.8, 4) is 0 Å². The molecular formula is C15H27NO3. The Morgan fingerprint density at radius 2 is 2.05 bits per heavy atom. The molecule has 0 bridgehead atoms. The predicted octanol–water partition coefficient (Wildman–Crippen LogP) is 2.08. The third-order valence-electron chi connectivity index (χ3n) is 4.87. The van der Waals surface area contributed by atoms with Crippen LogP contribution in [-0.4, -0.2) is 44.3 Å².